The molecular formula is C15H18O3S. The summed E-state index contributed by atoms with van der Waals surface area (Å²) in [5, 5.41) is 20.9. The number of carbonyl (C=O) groups is 1. The minimum Gasteiger partial charge on any atom is -0.479 e. The highest BCUT2D eigenvalue weighted by Crippen LogP contribution is 2.38. The third-order valence-electron chi connectivity index (χ3n) is 3.59. The molecule has 2 rings (SSSR count). The lowest BCUT2D eigenvalue weighted by atomic mass is 9.84. The number of carboxylic acid groups (broad SMARTS) is 1. The standard InChI is InChI=1S/C15H18O3S/c1-3-8-15(18,14(16)17)10(2)13-9-11-6-4-5-7-12(11)19-13/h4-7,9-10,18H,3,8H2,1-2H3,(H,16,17). The van der Waals surface area contributed by atoms with E-state index >= 15 is 0 Å². The summed E-state index contributed by atoms with van der Waals surface area (Å²) in [5.41, 5.74) is -1.68. The van der Waals surface area contributed by atoms with Crippen molar-refractivity contribution in [2.45, 2.75) is 38.2 Å². The normalized spacial score (nSPS) is 16.2. The van der Waals surface area contributed by atoms with Crippen molar-refractivity contribution in [3.05, 3.63) is 35.2 Å². The average Bonchev–Trinajstić information content (AvgIpc) is 2.81. The van der Waals surface area contributed by atoms with E-state index in [1.807, 2.05) is 37.3 Å². The second kappa shape index (κ2) is 5.31. The van der Waals surface area contributed by atoms with Gasteiger partial charge in [0.25, 0.3) is 0 Å². The first-order valence-corrected chi connectivity index (χ1v) is 7.25. The third kappa shape index (κ3) is 2.51. The number of aliphatic hydroxyl groups is 1. The van der Waals surface area contributed by atoms with E-state index in [9.17, 15) is 15.0 Å². The monoisotopic (exact) mass is 278 g/mol. The van der Waals surface area contributed by atoms with E-state index in [1.165, 1.54) is 0 Å². The van der Waals surface area contributed by atoms with Gasteiger partial charge < -0.3 is 10.2 Å². The molecule has 0 bridgehead atoms. The summed E-state index contributed by atoms with van der Waals surface area (Å²) in [6.45, 7) is 3.67. The number of aliphatic carboxylic acids is 1. The number of hydrogen-bond donors (Lipinski definition) is 2. The Morgan fingerprint density at radius 1 is 1.42 bits per heavy atom. The van der Waals surface area contributed by atoms with Gasteiger partial charge in [-0.2, -0.15) is 0 Å². The Kier molecular flexibility index (Phi) is 3.92. The fraction of sp³-hybridized carbons (Fsp3) is 0.400. The van der Waals surface area contributed by atoms with Crippen molar-refractivity contribution in [1.29, 1.82) is 0 Å². The lowest BCUT2D eigenvalue weighted by Gasteiger charge is -2.29. The van der Waals surface area contributed by atoms with E-state index in [0.717, 1.165) is 15.0 Å². The molecule has 3 nitrogen and oxygen atoms in total. The molecule has 0 aliphatic heterocycles. The fourth-order valence-electron chi connectivity index (χ4n) is 2.34. The molecule has 2 N–H and O–H groups in total. The first-order valence-electron chi connectivity index (χ1n) is 6.43. The first kappa shape index (κ1) is 14.0. The lowest BCUT2D eigenvalue weighted by molar-refractivity contribution is -0.161. The van der Waals surface area contributed by atoms with Crippen molar-refractivity contribution in [3.63, 3.8) is 0 Å². The van der Waals surface area contributed by atoms with Crippen LogP contribution in [0.1, 0.15) is 37.5 Å². The van der Waals surface area contributed by atoms with Gasteiger partial charge in [0.2, 0.25) is 0 Å². The predicted molar refractivity (Wildman–Crippen MR) is 77.7 cm³/mol. The van der Waals surface area contributed by atoms with Crippen molar-refractivity contribution in [1.82, 2.24) is 0 Å². The van der Waals surface area contributed by atoms with Crippen LogP contribution in [0.3, 0.4) is 0 Å². The summed E-state index contributed by atoms with van der Waals surface area (Å²) in [4.78, 5) is 12.3. The van der Waals surface area contributed by atoms with Gasteiger partial charge in [-0.05, 0) is 23.9 Å². The van der Waals surface area contributed by atoms with Crippen LogP contribution in [0.25, 0.3) is 10.1 Å². The van der Waals surface area contributed by atoms with Crippen molar-refractivity contribution < 1.29 is 15.0 Å². The molecule has 0 fully saturated rings. The maximum atomic E-state index is 11.4. The van der Waals surface area contributed by atoms with Gasteiger partial charge in [0.05, 0.1) is 0 Å². The number of rotatable bonds is 5. The summed E-state index contributed by atoms with van der Waals surface area (Å²) in [6, 6.07) is 9.91. The minimum atomic E-state index is -1.68. The Morgan fingerprint density at radius 2 is 2.11 bits per heavy atom. The molecule has 19 heavy (non-hydrogen) atoms. The highest BCUT2D eigenvalue weighted by Gasteiger charge is 2.42. The highest BCUT2D eigenvalue weighted by molar-refractivity contribution is 7.19. The first-order chi connectivity index (χ1) is 8.99. The van der Waals surface area contributed by atoms with Crippen LogP contribution in [0.5, 0.6) is 0 Å². The van der Waals surface area contributed by atoms with Gasteiger partial charge in [-0.3, -0.25) is 0 Å². The van der Waals surface area contributed by atoms with Gasteiger partial charge in [-0.1, -0.05) is 38.5 Å². The second-order valence-electron chi connectivity index (χ2n) is 4.89. The molecule has 2 atom stereocenters. The van der Waals surface area contributed by atoms with E-state index < -0.39 is 17.5 Å². The largest absolute Gasteiger partial charge is 0.479 e. The van der Waals surface area contributed by atoms with E-state index in [0.29, 0.717) is 6.42 Å². The van der Waals surface area contributed by atoms with Crippen LogP contribution in [-0.2, 0) is 4.79 Å². The number of thiophene rings is 1. The van der Waals surface area contributed by atoms with Gasteiger partial charge in [-0.15, -0.1) is 11.3 Å². The maximum absolute atomic E-state index is 11.4. The fourth-order valence-corrected chi connectivity index (χ4v) is 3.54. The zero-order chi connectivity index (χ0) is 14.0. The molecule has 2 aromatic rings. The summed E-state index contributed by atoms with van der Waals surface area (Å²) >= 11 is 1.55. The van der Waals surface area contributed by atoms with Gasteiger partial charge >= 0.3 is 5.97 Å². The van der Waals surface area contributed by atoms with E-state index in [2.05, 4.69) is 0 Å². The van der Waals surface area contributed by atoms with Crippen LogP contribution in [-0.4, -0.2) is 21.8 Å². The number of fused-ring (bicyclic) bond motifs is 1. The van der Waals surface area contributed by atoms with E-state index in [1.54, 1.807) is 18.3 Å². The zero-order valence-corrected chi connectivity index (χ0v) is 11.9. The van der Waals surface area contributed by atoms with Crippen LogP contribution in [0.2, 0.25) is 0 Å². The van der Waals surface area contributed by atoms with Crippen LogP contribution >= 0.6 is 11.3 Å². The third-order valence-corrected chi connectivity index (χ3v) is 4.89. The van der Waals surface area contributed by atoms with Crippen LogP contribution < -0.4 is 0 Å². The summed E-state index contributed by atoms with van der Waals surface area (Å²) in [7, 11) is 0. The molecule has 0 amide bonds. The Balaban J connectivity index is 2.41. The van der Waals surface area contributed by atoms with E-state index in [4.69, 9.17) is 0 Å². The Bertz CT molecular complexity index is 557. The summed E-state index contributed by atoms with van der Waals surface area (Å²) in [5.74, 6) is -1.55. The molecule has 1 heterocycles. The van der Waals surface area contributed by atoms with E-state index in [-0.39, 0.29) is 6.42 Å². The topological polar surface area (TPSA) is 57.5 Å². The molecule has 102 valence electrons. The van der Waals surface area contributed by atoms with Crippen molar-refractivity contribution >= 4 is 27.4 Å². The van der Waals surface area contributed by atoms with Crippen LogP contribution in [0.15, 0.2) is 30.3 Å². The number of carboxylic acids is 1. The van der Waals surface area contributed by atoms with Crippen LogP contribution in [0, 0.1) is 0 Å². The highest BCUT2D eigenvalue weighted by atomic mass is 32.1. The molecule has 2 unspecified atom stereocenters. The molecule has 0 radical (unpaired) electrons. The molecule has 0 aliphatic carbocycles. The maximum Gasteiger partial charge on any atom is 0.336 e. The number of benzene rings is 1. The van der Waals surface area contributed by atoms with Gasteiger partial charge in [0.15, 0.2) is 5.60 Å². The molecule has 1 aromatic carbocycles. The van der Waals surface area contributed by atoms with Crippen molar-refractivity contribution in [2.24, 2.45) is 0 Å². The number of hydrogen-bond acceptors (Lipinski definition) is 3. The van der Waals surface area contributed by atoms with Crippen molar-refractivity contribution in [2.75, 3.05) is 0 Å². The summed E-state index contributed by atoms with van der Waals surface area (Å²) < 4.78 is 1.12. The Hall–Kier alpha value is -1.39. The molecule has 1 aromatic heterocycles. The minimum absolute atomic E-state index is 0.262. The van der Waals surface area contributed by atoms with Crippen molar-refractivity contribution in [3.8, 4) is 0 Å². The zero-order valence-electron chi connectivity index (χ0n) is 11.1. The van der Waals surface area contributed by atoms with Gasteiger partial charge in [0.1, 0.15) is 0 Å². The van der Waals surface area contributed by atoms with Gasteiger partial charge in [-0.25, -0.2) is 4.79 Å². The molecule has 4 heteroatoms. The molecule has 0 saturated carbocycles. The molecule has 0 aliphatic rings. The SMILES string of the molecule is CCCC(O)(C(=O)O)C(C)c1cc2ccccc2s1. The summed E-state index contributed by atoms with van der Waals surface area (Å²) in [6.07, 6.45) is 0.899. The molecular weight excluding hydrogens is 260 g/mol. The molecule has 0 spiro atoms. The second-order valence-corrected chi connectivity index (χ2v) is 6.00. The smallest absolute Gasteiger partial charge is 0.336 e. The Morgan fingerprint density at radius 3 is 2.68 bits per heavy atom. The lowest BCUT2D eigenvalue weighted by Crippen LogP contribution is -2.43. The van der Waals surface area contributed by atoms with Gasteiger partial charge in [0, 0.05) is 15.5 Å². The predicted octanol–water partition coefficient (Wildman–Crippen LogP) is 3.62. The quantitative estimate of drug-likeness (QED) is 0.878. The van der Waals surface area contributed by atoms with Crippen LogP contribution in [0.4, 0.5) is 0 Å². The average molecular weight is 278 g/mol. The Labute approximate surface area is 116 Å². The molecule has 0 saturated heterocycles.